The lowest BCUT2D eigenvalue weighted by Crippen LogP contribution is -2.61. The monoisotopic (exact) mass is 1070 g/mol. The number of hydrogen-bond donors (Lipinski definition) is 14. The van der Waals surface area contributed by atoms with E-state index < -0.39 is 102 Å². The number of aromatic nitrogens is 1. The van der Waals surface area contributed by atoms with Crippen LogP contribution in [-0.4, -0.2) is 130 Å². The number of para-hydroxylation sites is 1. The molecule has 1 heterocycles. The molecule has 0 radical (unpaired) electrons. The molecular weight excluding hydrogens is 999 g/mol. The first-order chi connectivity index (χ1) is 36.1. The van der Waals surface area contributed by atoms with Gasteiger partial charge in [-0.2, -0.15) is 25.3 Å². The second-order valence-electron chi connectivity index (χ2n) is 17.9. The Morgan fingerprint density at radius 2 is 0.867 bits per heavy atom. The molecular formula is C53H67N11O9S2. The Bertz CT molecular complexity index is 2680. The van der Waals surface area contributed by atoms with Crippen LogP contribution in [0.5, 0.6) is 0 Å². The third-order valence-corrected chi connectivity index (χ3v) is 13.0. The molecule has 20 nitrogen and oxygen atoms in total. The molecule has 0 saturated carbocycles. The summed E-state index contributed by atoms with van der Waals surface area (Å²) in [6.45, 7) is -0.669. The maximum atomic E-state index is 14.8. The molecule has 400 valence electrons. The second-order valence-corrected chi connectivity index (χ2v) is 18.6. The summed E-state index contributed by atoms with van der Waals surface area (Å²) in [5.41, 5.74) is 20.6. The highest BCUT2D eigenvalue weighted by molar-refractivity contribution is 7.80. The van der Waals surface area contributed by atoms with E-state index in [4.69, 9.17) is 17.2 Å². The van der Waals surface area contributed by atoms with Crippen molar-refractivity contribution in [2.75, 3.05) is 24.7 Å². The Kier molecular flexibility index (Phi) is 23.6. The van der Waals surface area contributed by atoms with Gasteiger partial charge in [-0.05, 0) is 54.1 Å². The van der Waals surface area contributed by atoms with E-state index in [9.17, 15) is 43.5 Å². The standard InChI is InChI=1S/C53H67N11O9S2/c54-23-13-12-22-39(48(68)63-44(29-65)53(73)61-42(26-34-18-8-3-9-19-34)51(71)64-45(31-75)46(56)66)58-52(72)43(27-35-28-57-38-21-11-10-20-36(35)38)62-50(70)41(25-33-16-6-2-7-17-33)60-49(69)40(59-47(67)37(55)30-74)24-32-14-4-1-5-15-32/h1-11,14-21,28,37,39-45,57,65,74-75H,12-13,22-27,29-31,54-55H2,(H2,56,66)(H,58,72)(H,59,67)(H,60,69)(H,61,73)(H,62,70)(H,63,68)(H,64,71)/t37-,39-,40-,41-,42-,43+,44-,45-/m0/s1. The Morgan fingerprint density at radius 3 is 1.31 bits per heavy atom. The summed E-state index contributed by atoms with van der Waals surface area (Å²) in [6, 6.07) is 23.4. The Balaban J connectivity index is 1.43. The van der Waals surface area contributed by atoms with Crippen molar-refractivity contribution in [3.05, 3.63) is 144 Å². The average Bonchev–Trinajstić information content (AvgIpc) is 3.83. The zero-order chi connectivity index (χ0) is 54.3. The quantitative estimate of drug-likeness (QED) is 0.0208. The summed E-state index contributed by atoms with van der Waals surface area (Å²) in [5.74, 6) is -6.49. The maximum Gasteiger partial charge on any atom is 0.245 e. The zero-order valence-corrected chi connectivity index (χ0v) is 43.1. The van der Waals surface area contributed by atoms with Crippen LogP contribution >= 0.6 is 25.3 Å². The summed E-state index contributed by atoms with van der Waals surface area (Å²) in [6.07, 6.45) is 2.35. The molecule has 5 rings (SSSR count). The number of hydrogen-bond acceptors (Lipinski definition) is 13. The molecule has 5 aromatic rings. The lowest BCUT2D eigenvalue weighted by Gasteiger charge is -2.28. The lowest BCUT2D eigenvalue weighted by molar-refractivity contribution is -0.136. The number of carbonyl (C=O) groups excluding carboxylic acids is 8. The average molecular weight is 1070 g/mol. The van der Waals surface area contributed by atoms with Gasteiger partial charge in [-0.3, -0.25) is 38.4 Å². The number of benzene rings is 4. The number of primary amides is 1. The second kappa shape index (κ2) is 30.2. The first-order valence-electron chi connectivity index (χ1n) is 24.5. The molecule has 1 aromatic heterocycles. The van der Waals surface area contributed by atoms with Crippen LogP contribution in [0.2, 0.25) is 0 Å². The fraction of sp³-hybridized carbons (Fsp3) is 0.358. The normalized spacial score (nSPS) is 14.3. The molecule has 0 unspecified atom stereocenters. The fourth-order valence-corrected chi connectivity index (χ4v) is 8.50. The molecule has 75 heavy (non-hydrogen) atoms. The molecule has 22 heteroatoms. The number of thiol groups is 2. The van der Waals surface area contributed by atoms with Crippen molar-refractivity contribution in [2.24, 2.45) is 17.2 Å². The van der Waals surface area contributed by atoms with Crippen LogP contribution in [0.25, 0.3) is 10.9 Å². The van der Waals surface area contributed by atoms with Gasteiger partial charge < -0.3 is 64.5 Å². The van der Waals surface area contributed by atoms with Crippen molar-refractivity contribution in [3.8, 4) is 0 Å². The number of unbranched alkanes of at least 4 members (excludes halogenated alkanes) is 1. The number of nitrogens with one attached hydrogen (secondary N) is 8. The molecule has 0 spiro atoms. The van der Waals surface area contributed by atoms with E-state index in [1.165, 1.54) is 0 Å². The van der Waals surface area contributed by atoms with E-state index in [1.807, 2.05) is 24.3 Å². The zero-order valence-electron chi connectivity index (χ0n) is 41.3. The Labute approximate surface area is 446 Å². The minimum Gasteiger partial charge on any atom is -0.394 e. The summed E-state index contributed by atoms with van der Waals surface area (Å²) >= 11 is 8.23. The van der Waals surface area contributed by atoms with E-state index in [2.05, 4.69) is 67.5 Å². The van der Waals surface area contributed by atoms with Gasteiger partial charge in [-0.15, -0.1) is 0 Å². The summed E-state index contributed by atoms with van der Waals surface area (Å²) in [7, 11) is 0. The van der Waals surface area contributed by atoms with E-state index in [1.54, 1.807) is 97.2 Å². The number of H-pyrrole nitrogens is 1. The van der Waals surface area contributed by atoms with Gasteiger partial charge in [0, 0.05) is 54.3 Å². The number of aliphatic hydroxyl groups excluding tert-OH is 1. The SMILES string of the molecule is NCCCC[C@H](NC(=O)[C@@H](Cc1c[nH]c2ccccc12)NC(=O)[C@H](Cc1ccccc1)NC(=O)[C@H](Cc1ccccc1)NC(=O)[C@@H](N)CS)C(=O)N[C@@H](CO)C(=O)N[C@@H](Cc1ccccc1)C(=O)N[C@@H](CS)C(N)=O. The lowest BCUT2D eigenvalue weighted by atomic mass is 10.00. The molecule has 0 aliphatic rings. The molecule has 0 aliphatic heterocycles. The molecule has 0 aliphatic carbocycles. The minimum atomic E-state index is -1.64. The maximum absolute atomic E-state index is 14.8. The number of aromatic amines is 1. The van der Waals surface area contributed by atoms with Crippen LogP contribution in [0, 0.1) is 0 Å². The summed E-state index contributed by atoms with van der Waals surface area (Å²) < 4.78 is 0. The van der Waals surface area contributed by atoms with Crippen molar-refractivity contribution in [1.82, 2.24) is 42.2 Å². The van der Waals surface area contributed by atoms with Crippen molar-refractivity contribution in [3.63, 3.8) is 0 Å². The van der Waals surface area contributed by atoms with Gasteiger partial charge >= 0.3 is 0 Å². The number of nitrogens with two attached hydrogens (primary N) is 3. The third-order valence-electron chi connectivity index (χ3n) is 12.3. The number of fused-ring (bicyclic) bond motifs is 1. The number of rotatable bonds is 30. The Hall–Kier alpha value is -7.24. The van der Waals surface area contributed by atoms with E-state index >= 15 is 0 Å². The van der Waals surface area contributed by atoms with Crippen LogP contribution in [0.15, 0.2) is 121 Å². The third kappa shape index (κ3) is 18.3. The van der Waals surface area contributed by atoms with E-state index in [0.717, 1.165) is 10.9 Å². The van der Waals surface area contributed by atoms with Crippen LogP contribution < -0.4 is 54.4 Å². The van der Waals surface area contributed by atoms with Crippen LogP contribution in [0.1, 0.15) is 41.5 Å². The summed E-state index contributed by atoms with van der Waals surface area (Å²) in [4.78, 5) is 114. The van der Waals surface area contributed by atoms with Crippen molar-refractivity contribution < 1.29 is 43.5 Å². The van der Waals surface area contributed by atoms with Gasteiger partial charge in [0.25, 0.3) is 0 Å². The predicted octanol–water partition coefficient (Wildman–Crippen LogP) is -0.374. The molecule has 0 bridgehead atoms. The van der Waals surface area contributed by atoms with Crippen LogP contribution in [-0.2, 0) is 64.0 Å². The van der Waals surface area contributed by atoms with Gasteiger partial charge in [0.15, 0.2) is 0 Å². The smallest absolute Gasteiger partial charge is 0.245 e. The molecule has 8 atom stereocenters. The Morgan fingerprint density at radius 1 is 0.480 bits per heavy atom. The van der Waals surface area contributed by atoms with Crippen LogP contribution in [0.3, 0.4) is 0 Å². The highest BCUT2D eigenvalue weighted by atomic mass is 32.1. The van der Waals surface area contributed by atoms with Crippen molar-refractivity contribution in [1.29, 1.82) is 0 Å². The molecule has 4 aromatic carbocycles. The van der Waals surface area contributed by atoms with Gasteiger partial charge in [-0.25, -0.2) is 0 Å². The van der Waals surface area contributed by atoms with Gasteiger partial charge in [0.05, 0.1) is 12.6 Å². The number of amides is 8. The molecule has 0 fully saturated rings. The highest BCUT2D eigenvalue weighted by Crippen LogP contribution is 2.20. The van der Waals surface area contributed by atoms with Gasteiger partial charge in [-0.1, -0.05) is 109 Å². The first-order valence-corrected chi connectivity index (χ1v) is 25.8. The highest BCUT2D eigenvalue weighted by Gasteiger charge is 2.35. The minimum absolute atomic E-state index is 0.00531. The fourth-order valence-electron chi connectivity index (χ4n) is 8.06. The van der Waals surface area contributed by atoms with E-state index in [0.29, 0.717) is 35.1 Å². The first kappa shape index (κ1) is 58.6. The molecule has 0 saturated heterocycles. The van der Waals surface area contributed by atoms with Gasteiger partial charge in [0.1, 0.15) is 42.3 Å². The van der Waals surface area contributed by atoms with Crippen molar-refractivity contribution >= 4 is 83.4 Å². The summed E-state index contributed by atoms with van der Waals surface area (Å²) in [5, 5.41) is 29.9. The number of carbonyl (C=O) groups is 8. The predicted molar refractivity (Wildman–Crippen MR) is 291 cm³/mol. The largest absolute Gasteiger partial charge is 0.394 e. The van der Waals surface area contributed by atoms with Crippen molar-refractivity contribution in [2.45, 2.75) is 93.3 Å². The van der Waals surface area contributed by atoms with E-state index in [-0.39, 0.29) is 50.2 Å². The molecule has 15 N–H and O–H groups in total. The number of aliphatic hydroxyl groups is 1. The van der Waals surface area contributed by atoms with Gasteiger partial charge in [0.2, 0.25) is 47.3 Å². The topological polar surface area (TPSA) is 335 Å². The molecule has 8 amide bonds. The van der Waals surface area contributed by atoms with Crippen LogP contribution in [0.4, 0.5) is 0 Å².